The summed E-state index contributed by atoms with van der Waals surface area (Å²) in [7, 11) is -3.63. The van der Waals surface area contributed by atoms with Crippen molar-refractivity contribution in [1.29, 1.82) is 0 Å². The summed E-state index contributed by atoms with van der Waals surface area (Å²) in [6.07, 6.45) is 1.31. The fourth-order valence-electron chi connectivity index (χ4n) is 3.14. The molecule has 0 saturated carbocycles. The van der Waals surface area contributed by atoms with Gasteiger partial charge in [-0.2, -0.15) is 4.31 Å². The fraction of sp³-hybridized carbons (Fsp3) is 0.588. The first-order valence-electron chi connectivity index (χ1n) is 8.61. The van der Waals surface area contributed by atoms with Crippen LogP contribution >= 0.6 is 0 Å². The first kappa shape index (κ1) is 18.0. The molecule has 0 N–H and O–H groups in total. The third kappa shape index (κ3) is 3.59. The van der Waals surface area contributed by atoms with Crippen LogP contribution in [0.5, 0.6) is 11.5 Å². The molecule has 1 saturated heterocycles. The van der Waals surface area contributed by atoms with Gasteiger partial charge in [-0.25, -0.2) is 8.42 Å². The number of carbonyl (C=O) groups excluding carboxylic acids is 1. The number of sulfonamides is 1. The van der Waals surface area contributed by atoms with Crippen molar-refractivity contribution in [3.05, 3.63) is 17.7 Å². The molecule has 2 aliphatic heterocycles. The van der Waals surface area contributed by atoms with Gasteiger partial charge in [-0.15, -0.1) is 0 Å². The molecule has 2 aliphatic rings. The Balaban J connectivity index is 1.78. The second-order valence-electron chi connectivity index (χ2n) is 6.30. The van der Waals surface area contributed by atoms with E-state index in [1.807, 2.05) is 6.92 Å². The average Bonchev–Trinajstić information content (AvgIpc) is 2.61. The maximum atomic E-state index is 13.0. The minimum Gasteiger partial charge on any atom is -0.486 e. The number of hydrogen-bond acceptors (Lipinski definition) is 5. The van der Waals surface area contributed by atoms with Crippen molar-refractivity contribution in [3.8, 4) is 11.5 Å². The predicted molar refractivity (Wildman–Crippen MR) is 92.4 cm³/mol. The van der Waals surface area contributed by atoms with Gasteiger partial charge in [0.1, 0.15) is 13.2 Å². The van der Waals surface area contributed by atoms with Crippen molar-refractivity contribution in [2.75, 3.05) is 39.4 Å². The highest BCUT2D eigenvalue weighted by molar-refractivity contribution is 7.89. The standard InChI is InChI=1S/C17H24N2O5S/c1-3-4-17(20)18-5-7-19(8-6-18)25(21,22)16-12-15-14(11-13(16)2)23-9-10-24-15/h11-12H,3-10H2,1-2H3. The van der Waals surface area contributed by atoms with Crippen LogP contribution in [0, 0.1) is 6.92 Å². The number of benzene rings is 1. The summed E-state index contributed by atoms with van der Waals surface area (Å²) < 4.78 is 38.5. The summed E-state index contributed by atoms with van der Waals surface area (Å²) in [5.74, 6) is 1.14. The second kappa shape index (κ2) is 7.21. The Hall–Kier alpha value is -1.80. The molecule has 0 radical (unpaired) electrons. The third-order valence-electron chi connectivity index (χ3n) is 4.51. The van der Waals surface area contributed by atoms with Gasteiger partial charge in [0.05, 0.1) is 4.90 Å². The molecule has 2 heterocycles. The minimum atomic E-state index is -3.63. The SMILES string of the molecule is CCCC(=O)N1CCN(S(=O)(=O)c2cc3c(cc2C)OCCO3)CC1. The second-order valence-corrected chi connectivity index (χ2v) is 8.20. The summed E-state index contributed by atoms with van der Waals surface area (Å²) in [5, 5.41) is 0. The number of nitrogens with zero attached hydrogens (tertiary/aromatic N) is 2. The normalized spacial score (nSPS) is 18.2. The van der Waals surface area contributed by atoms with E-state index in [4.69, 9.17) is 9.47 Å². The zero-order valence-electron chi connectivity index (χ0n) is 14.7. The van der Waals surface area contributed by atoms with Gasteiger partial charge < -0.3 is 14.4 Å². The van der Waals surface area contributed by atoms with Crippen molar-refractivity contribution in [2.45, 2.75) is 31.6 Å². The van der Waals surface area contributed by atoms with Crippen molar-refractivity contribution in [1.82, 2.24) is 9.21 Å². The Labute approximate surface area is 148 Å². The quantitative estimate of drug-likeness (QED) is 0.803. The largest absolute Gasteiger partial charge is 0.486 e. The molecule has 1 aromatic carbocycles. The van der Waals surface area contributed by atoms with Gasteiger partial charge in [-0.1, -0.05) is 6.92 Å². The summed E-state index contributed by atoms with van der Waals surface area (Å²) in [6, 6.07) is 3.26. The van der Waals surface area contributed by atoms with E-state index in [-0.39, 0.29) is 10.8 Å². The molecule has 8 heteroatoms. The van der Waals surface area contributed by atoms with E-state index >= 15 is 0 Å². The Morgan fingerprint density at radius 1 is 1.08 bits per heavy atom. The van der Waals surface area contributed by atoms with Crippen LogP contribution in [0.4, 0.5) is 0 Å². The lowest BCUT2D eigenvalue weighted by atomic mass is 10.2. The molecule has 0 atom stereocenters. The van der Waals surface area contributed by atoms with Crippen molar-refractivity contribution in [2.24, 2.45) is 0 Å². The molecule has 1 aromatic rings. The van der Waals surface area contributed by atoms with Gasteiger partial charge in [0.2, 0.25) is 15.9 Å². The number of aryl methyl sites for hydroxylation is 1. The van der Waals surface area contributed by atoms with Gasteiger partial charge in [0.15, 0.2) is 11.5 Å². The van der Waals surface area contributed by atoms with Crippen molar-refractivity contribution in [3.63, 3.8) is 0 Å². The van der Waals surface area contributed by atoms with Gasteiger partial charge in [0.25, 0.3) is 0 Å². The van der Waals surface area contributed by atoms with E-state index in [0.29, 0.717) is 62.9 Å². The van der Waals surface area contributed by atoms with Crippen LogP contribution in [-0.2, 0) is 14.8 Å². The molecule has 0 spiro atoms. The zero-order chi connectivity index (χ0) is 18.0. The molecule has 0 aromatic heterocycles. The van der Waals surface area contributed by atoms with Crippen LogP contribution in [0.15, 0.2) is 17.0 Å². The zero-order valence-corrected chi connectivity index (χ0v) is 15.5. The number of amides is 1. The maximum Gasteiger partial charge on any atom is 0.243 e. The number of fused-ring (bicyclic) bond motifs is 1. The Kier molecular flexibility index (Phi) is 5.19. The summed E-state index contributed by atoms with van der Waals surface area (Å²) >= 11 is 0. The molecule has 1 fully saturated rings. The number of rotatable bonds is 4. The third-order valence-corrected chi connectivity index (χ3v) is 6.55. The van der Waals surface area contributed by atoms with Crippen LogP contribution in [-0.4, -0.2) is 62.9 Å². The fourth-order valence-corrected chi connectivity index (χ4v) is 4.78. The Morgan fingerprint density at radius 3 is 2.28 bits per heavy atom. The Bertz CT molecular complexity index is 755. The van der Waals surface area contributed by atoms with Crippen LogP contribution in [0.3, 0.4) is 0 Å². The summed E-state index contributed by atoms with van der Waals surface area (Å²) in [6.45, 7) is 6.08. The van der Waals surface area contributed by atoms with Gasteiger partial charge in [0, 0.05) is 38.7 Å². The number of carbonyl (C=O) groups is 1. The molecular formula is C17H24N2O5S. The molecule has 0 bridgehead atoms. The average molecular weight is 368 g/mol. The van der Waals surface area contributed by atoms with Gasteiger partial charge in [-0.3, -0.25) is 4.79 Å². The predicted octanol–water partition coefficient (Wildman–Crippen LogP) is 1.40. The summed E-state index contributed by atoms with van der Waals surface area (Å²) in [4.78, 5) is 13.9. The lowest BCUT2D eigenvalue weighted by Crippen LogP contribution is -2.50. The smallest absolute Gasteiger partial charge is 0.243 e. The summed E-state index contributed by atoms with van der Waals surface area (Å²) in [5.41, 5.74) is 0.633. The number of ether oxygens (including phenoxy) is 2. The first-order valence-corrected chi connectivity index (χ1v) is 10.1. The highest BCUT2D eigenvalue weighted by atomic mass is 32.2. The van der Waals surface area contributed by atoms with E-state index in [9.17, 15) is 13.2 Å². The molecule has 3 rings (SSSR count). The van der Waals surface area contributed by atoms with E-state index in [1.54, 1.807) is 24.0 Å². The molecule has 0 aliphatic carbocycles. The van der Waals surface area contributed by atoms with Crippen LogP contribution < -0.4 is 9.47 Å². The topological polar surface area (TPSA) is 76.2 Å². The van der Waals surface area contributed by atoms with E-state index in [2.05, 4.69) is 0 Å². The highest BCUT2D eigenvalue weighted by Crippen LogP contribution is 2.35. The van der Waals surface area contributed by atoms with Gasteiger partial charge in [-0.05, 0) is 25.0 Å². The maximum absolute atomic E-state index is 13.0. The monoisotopic (exact) mass is 368 g/mol. The van der Waals surface area contributed by atoms with E-state index in [1.165, 1.54) is 4.31 Å². The van der Waals surface area contributed by atoms with E-state index < -0.39 is 10.0 Å². The first-order chi connectivity index (χ1) is 11.9. The number of hydrogen-bond donors (Lipinski definition) is 0. The molecule has 7 nitrogen and oxygen atoms in total. The molecule has 138 valence electrons. The highest BCUT2D eigenvalue weighted by Gasteiger charge is 2.32. The van der Waals surface area contributed by atoms with Gasteiger partial charge >= 0.3 is 0 Å². The van der Waals surface area contributed by atoms with Crippen molar-refractivity contribution >= 4 is 15.9 Å². The number of piperazine rings is 1. The van der Waals surface area contributed by atoms with E-state index in [0.717, 1.165) is 6.42 Å². The molecule has 25 heavy (non-hydrogen) atoms. The van der Waals surface area contributed by atoms with Crippen LogP contribution in [0.1, 0.15) is 25.3 Å². The lowest BCUT2D eigenvalue weighted by Gasteiger charge is -2.34. The van der Waals surface area contributed by atoms with Crippen LogP contribution in [0.2, 0.25) is 0 Å². The van der Waals surface area contributed by atoms with Crippen molar-refractivity contribution < 1.29 is 22.7 Å². The molecule has 0 unspecified atom stereocenters. The Morgan fingerprint density at radius 2 is 1.68 bits per heavy atom. The minimum absolute atomic E-state index is 0.0926. The lowest BCUT2D eigenvalue weighted by molar-refractivity contribution is -0.132. The molecule has 1 amide bonds. The molecular weight excluding hydrogens is 344 g/mol. The van der Waals surface area contributed by atoms with Crippen LogP contribution in [0.25, 0.3) is 0 Å².